The Balaban J connectivity index is 1.88. The van der Waals surface area contributed by atoms with Crippen LogP contribution in [0.3, 0.4) is 0 Å². The van der Waals surface area contributed by atoms with Crippen molar-refractivity contribution in [3.8, 4) is 0 Å². The molecule has 0 radical (unpaired) electrons. The molecule has 178 valence electrons. The summed E-state index contributed by atoms with van der Waals surface area (Å²) in [4.78, 5) is 14.2. The largest absolute Gasteiger partial charge is 0.416 e. The van der Waals surface area contributed by atoms with Crippen LogP contribution in [0.1, 0.15) is 38.2 Å². The maximum absolute atomic E-state index is 14.0. The Morgan fingerprint density at radius 3 is 2.03 bits per heavy atom. The zero-order chi connectivity index (χ0) is 24.0. The Bertz CT molecular complexity index is 1030. The summed E-state index contributed by atoms with van der Waals surface area (Å²) in [6.07, 6.45) is -9.52. The number of nitrogens with one attached hydrogen (secondary N) is 1. The standard InChI is InChI=1S/C23H23F6N3O/c24-22(25,26)16-9-17(20(30)33)18(19(10-16)23(27,28)29)13-21(32-7-5-31-6-8-32)11-14-3-1-2-4-15(14)12-21/h1-4,9-10,31H,5-8,11-13H2,(H2,30,33). The van der Waals surface area contributed by atoms with Crippen LogP contribution in [0.15, 0.2) is 36.4 Å². The lowest BCUT2D eigenvalue weighted by atomic mass is 9.81. The van der Waals surface area contributed by atoms with E-state index in [2.05, 4.69) is 10.2 Å². The molecule has 33 heavy (non-hydrogen) atoms. The van der Waals surface area contributed by atoms with Gasteiger partial charge in [-0.05, 0) is 48.1 Å². The molecule has 3 N–H and O–H groups in total. The highest BCUT2D eigenvalue weighted by Gasteiger charge is 2.46. The third-order valence-electron chi connectivity index (χ3n) is 6.60. The van der Waals surface area contributed by atoms with Crippen LogP contribution in [0.5, 0.6) is 0 Å². The second kappa shape index (κ2) is 8.32. The van der Waals surface area contributed by atoms with Crippen LogP contribution in [0, 0.1) is 0 Å². The van der Waals surface area contributed by atoms with Gasteiger partial charge in [-0.25, -0.2) is 0 Å². The first kappa shape index (κ1) is 23.6. The molecular weight excluding hydrogens is 448 g/mol. The maximum atomic E-state index is 14.0. The van der Waals surface area contributed by atoms with Gasteiger partial charge in [-0.2, -0.15) is 26.3 Å². The normalized spacial score (nSPS) is 18.8. The summed E-state index contributed by atoms with van der Waals surface area (Å²) >= 11 is 0. The molecule has 2 aromatic carbocycles. The number of hydrogen-bond donors (Lipinski definition) is 2. The van der Waals surface area contributed by atoms with E-state index in [1.807, 2.05) is 24.3 Å². The summed E-state index contributed by atoms with van der Waals surface area (Å²) in [5.41, 5.74) is 2.26. The van der Waals surface area contributed by atoms with Gasteiger partial charge >= 0.3 is 12.4 Å². The SMILES string of the molecule is NC(=O)c1cc(C(F)(F)F)cc(C(F)(F)F)c1CC1(N2CCNCC2)Cc2ccccc2C1. The fourth-order valence-electron chi connectivity index (χ4n) is 5.10. The first-order valence-corrected chi connectivity index (χ1v) is 10.5. The molecule has 0 bridgehead atoms. The quantitative estimate of drug-likeness (QED) is 0.667. The molecule has 10 heteroatoms. The van der Waals surface area contributed by atoms with Gasteiger partial charge in [0.1, 0.15) is 0 Å². The van der Waals surface area contributed by atoms with E-state index in [9.17, 15) is 31.1 Å². The average Bonchev–Trinajstić information content (AvgIpc) is 3.12. The Kier molecular flexibility index (Phi) is 5.94. The molecule has 2 aromatic rings. The van der Waals surface area contributed by atoms with Gasteiger partial charge in [0, 0.05) is 37.3 Å². The number of piperazine rings is 1. The molecule has 0 spiro atoms. The van der Waals surface area contributed by atoms with Crippen molar-refractivity contribution in [2.75, 3.05) is 26.2 Å². The van der Waals surface area contributed by atoms with E-state index in [4.69, 9.17) is 5.73 Å². The van der Waals surface area contributed by atoms with Gasteiger partial charge in [0.15, 0.2) is 0 Å². The van der Waals surface area contributed by atoms with Gasteiger partial charge in [0.05, 0.1) is 11.1 Å². The topological polar surface area (TPSA) is 58.4 Å². The molecule has 1 amide bonds. The van der Waals surface area contributed by atoms with Crippen LogP contribution in [0.4, 0.5) is 26.3 Å². The predicted octanol–water partition coefficient (Wildman–Crippen LogP) is 3.81. The summed E-state index contributed by atoms with van der Waals surface area (Å²) < 4.78 is 82.1. The number of hydrogen-bond acceptors (Lipinski definition) is 3. The Morgan fingerprint density at radius 1 is 0.970 bits per heavy atom. The first-order valence-electron chi connectivity index (χ1n) is 10.5. The fraction of sp³-hybridized carbons (Fsp3) is 0.435. The van der Waals surface area contributed by atoms with Crippen molar-refractivity contribution in [2.24, 2.45) is 5.73 Å². The van der Waals surface area contributed by atoms with Gasteiger partial charge in [0.2, 0.25) is 5.91 Å². The van der Waals surface area contributed by atoms with Crippen molar-refractivity contribution in [3.05, 3.63) is 69.8 Å². The number of halogens is 6. The van der Waals surface area contributed by atoms with Crippen molar-refractivity contribution in [1.82, 2.24) is 10.2 Å². The summed E-state index contributed by atoms with van der Waals surface area (Å²) in [5, 5.41) is 3.21. The molecule has 1 heterocycles. The first-order chi connectivity index (χ1) is 15.4. The van der Waals surface area contributed by atoms with Gasteiger partial charge in [-0.3, -0.25) is 9.69 Å². The summed E-state index contributed by atoms with van der Waals surface area (Å²) in [5.74, 6) is -1.31. The molecule has 4 rings (SSSR count). The molecule has 1 fully saturated rings. The Labute approximate surface area is 186 Å². The molecule has 0 saturated carbocycles. The van der Waals surface area contributed by atoms with E-state index in [0.717, 1.165) is 11.1 Å². The lowest BCUT2D eigenvalue weighted by molar-refractivity contribution is -0.143. The van der Waals surface area contributed by atoms with Crippen LogP contribution in [0.2, 0.25) is 0 Å². The number of carbonyl (C=O) groups excluding carboxylic acids is 1. The number of benzene rings is 2. The monoisotopic (exact) mass is 471 g/mol. The molecule has 0 unspecified atom stereocenters. The lowest BCUT2D eigenvalue weighted by Gasteiger charge is -2.44. The van der Waals surface area contributed by atoms with E-state index < -0.39 is 46.1 Å². The minimum absolute atomic E-state index is 0.0926. The molecule has 0 aromatic heterocycles. The van der Waals surface area contributed by atoms with Gasteiger partial charge in [-0.1, -0.05) is 24.3 Å². The zero-order valence-electron chi connectivity index (χ0n) is 17.6. The highest BCUT2D eigenvalue weighted by atomic mass is 19.4. The highest BCUT2D eigenvalue weighted by molar-refractivity contribution is 5.95. The third kappa shape index (κ3) is 4.59. The van der Waals surface area contributed by atoms with Gasteiger partial charge in [-0.15, -0.1) is 0 Å². The molecule has 0 atom stereocenters. The second-order valence-corrected chi connectivity index (χ2v) is 8.67. The number of fused-ring (bicyclic) bond motifs is 1. The number of carbonyl (C=O) groups is 1. The lowest BCUT2D eigenvalue weighted by Crippen LogP contribution is -2.58. The molecule has 1 saturated heterocycles. The van der Waals surface area contributed by atoms with Crippen LogP contribution < -0.4 is 11.1 Å². The number of nitrogens with zero attached hydrogens (tertiary/aromatic N) is 1. The predicted molar refractivity (Wildman–Crippen MR) is 110 cm³/mol. The van der Waals surface area contributed by atoms with Crippen LogP contribution in [-0.4, -0.2) is 42.5 Å². The van der Waals surface area contributed by atoms with Gasteiger partial charge in [0.25, 0.3) is 0 Å². The highest BCUT2D eigenvalue weighted by Crippen LogP contribution is 2.43. The van der Waals surface area contributed by atoms with E-state index in [1.165, 1.54) is 0 Å². The third-order valence-corrected chi connectivity index (χ3v) is 6.60. The minimum Gasteiger partial charge on any atom is -0.366 e. The number of alkyl halides is 6. The smallest absolute Gasteiger partial charge is 0.366 e. The number of amides is 1. The van der Waals surface area contributed by atoms with Crippen molar-refractivity contribution in [3.63, 3.8) is 0 Å². The van der Waals surface area contributed by atoms with E-state index in [0.29, 0.717) is 45.1 Å². The fourth-order valence-corrected chi connectivity index (χ4v) is 5.10. The van der Waals surface area contributed by atoms with Crippen LogP contribution in [0.25, 0.3) is 0 Å². The molecular formula is C23H23F6N3O. The zero-order valence-corrected chi connectivity index (χ0v) is 17.6. The molecule has 4 nitrogen and oxygen atoms in total. The average molecular weight is 471 g/mol. The van der Waals surface area contributed by atoms with Crippen molar-refractivity contribution in [2.45, 2.75) is 37.2 Å². The van der Waals surface area contributed by atoms with E-state index >= 15 is 0 Å². The number of nitrogens with two attached hydrogens (primary N) is 1. The summed E-state index contributed by atoms with van der Waals surface area (Å²) in [7, 11) is 0. The Morgan fingerprint density at radius 2 is 1.55 bits per heavy atom. The van der Waals surface area contributed by atoms with Gasteiger partial charge < -0.3 is 11.1 Å². The van der Waals surface area contributed by atoms with Crippen molar-refractivity contribution in [1.29, 1.82) is 0 Å². The second-order valence-electron chi connectivity index (χ2n) is 8.67. The molecule has 2 aliphatic rings. The molecule has 1 aliphatic heterocycles. The van der Waals surface area contributed by atoms with Crippen molar-refractivity contribution < 1.29 is 31.1 Å². The summed E-state index contributed by atoms with van der Waals surface area (Å²) in [6.45, 7) is 2.42. The van der Waals surface area contributed by atoms with E-state index in [-0.39, 0.29) is 12.5 Å². The number of rotatable bonds is 4. The Hall–Kier alpha value is -2.59. The van der Waals surface area contributed by atoms with Crippen LogP contribution >= 0.6 is 0 Å². The molecule has 1 aliphatic carbocycles. The maximum Gasteiger partial charge on any atom is 0.416 e. The van der Waals surface area contributed by atoms with E-state index in [1.54, 1.807) is 0 Å². The minimum atomic E-state index is -5.09. The number of primary amides is 1. The van der Waals surface area contributed by atoms with Crippen LogP contribution in [-0.2, 0) is 31.6 Å². The van der Waals surface area contributed by atoms with Crippen molar-refractivity contribution >= 4 is 5.91 Å². The summed E-state index contributed by atoms with van der Waals surface area (Å²) in [6, 6.07) is 8.05.